The standard InChI is InChI=1S/C12H15ClN4S/c1-3-12(5-4-6-12)10-15-9(13)8-7-14-11(18-2)16-17(8)10/h7H,3-6H2,1-2H3. The van der Waals surface area contributed by atoms with Gasteiger partial charge in [0.2, 0.25) is 5.16 Å². The fourth-order valence-electron chi connectivity index (χ4n) is 2.61. The summed E-state index contributed by atoms with van der Waals surface area (Å²) in [5, 5.41) is 5.80. The lowest BCUT2D eigenvalue weighted by atomic mass is 9.66. The number of aromatic nitrogens is 4. The number of rotatable bonds is 3. The quantitative estimate of drug-likeness (QED) is 0.810. The highest BCUT2D eigenvalue weighted by Crippen LogP contribution is 2.46. The summed E-state index contributed by atoms with van der Waals surface area (Å²) in [5.41, 5.74) is 0.976. The first-order valence-electron chi connectivity index (χ1n) is 6.16. The number of hydrogen-bond donors (Lipinski definition) is 0. The number of nitrogens with zero attached hydrogens (tertiary/aromatic N) is 4. The van der Waals surface area contributed by atoms with Crippen LogP contribution in [0.2, 0.25) is 5.15 Å². The first-order chi connectivity index (χ1) is 8.70. The molecule has 1 aliphatic carbocycles. The normalized spacial score (nSPS) is 17.9. The maximum absolute atomic E-state index is 6.20. The molecule has 2 aromatic rings. The molecule has 2 heterocycles. The van der Waals surface area contributed by atoms with Crippen LogP contribution in [0.15, 0.2) is 11.4 Å². The molecule has 0 N–H and O–H groups in total. The molecule has 0 aliphatic heterocycles. The van der Waals surface area contributed by atoms with Crippen LogP contribution >= 0.6 is 23.4 Å². The van der Waals surface area contributed by atoms with Crippen LogP contribution in [-0.2, 0) is 5.41 Å². The summed E-state index contributed by atoms with van der Waals surface area (Å²) < 4.78 is 1.89. The molecule has 2 aromatic heterocycles. The number of fused-ring (bicyclic) bond motifs is 1. The summed E-state index contributed by atoms with van der Waals surface area (Å²) in [7, 11) is 0. The maximum Gasteiger partial charge on any atom is 0.207 e. The lowest BCUT2D eigenvalue weighted by Gasteiger charge is -2.39. The van der Waals surface area contributed by atoms with E-state index in [0.717, 1.165) is 22.9 Å². The molecule has 0 amide bonds. The van der Waals surface area contributed by atoms with Crippen LogP contribution in [0.3, 0.4) is 0 Å². The Hall–Kier alpha value is -0.810. The largest absolute Gasteiger partial charge is 0.227 e. The molecule has 1 aliphatic rings. The Balaban J connectivity index is 2.22. The molecule has 1 saturated carbocycles. The number of thioether (sulfide) groups is 1. The lowest BCUT2D eigenvalue weighted by Crippen LogP contribution is -2.35. The number of hydrogen-bond acceptors (Lipinski definition) is 4. The van der Waals surface area contributed by atoms with E-state index in [9.17, 15) is 0 Å². The molecule has 18 heavy (non-hydrogen) atoms. The number of halogens is 1. The predicted octanol–water partition coefficient (Wildman–Crippen LogP) is 3.33. The average molecular weight is 283 g/mol. The molecule has 0 unspecified atom stereocenters. The van der Waals surface area contributed by atoms with Gasteiger partial charge in [-0.25, -0.2) is 14.5 Å². The highest BCUT2D eigenvalue weighted by atomic mass is 35.5. The van der Waals surface area contributed by atoms with Crippen molar-refractivity contribution in [3.63, 3.8) is 0 Å². The summed E-state index contributed by atoms with van der Waals surface area (Å²) in [6.45, 7) is 2.21. The van der Waals surface area contributed by atoms with Crippen molar-refractivity contribution in [1.29, 1.82) is 0 Å². The van der Waals surface area contributed by atoms with E-state index in [1.165, 1.54) is 31.0 Å². The zero-order chi connectivity index (χ0) is 12.8. The van der Waals surface area contributed by atoms with E-state index in [4.69, 9.17) is 11.6 Å². The van der Waals surface area contributed by atoms with Gasteiger partial charge in [0.05, 0.1) is 6.20 Å². The molecule has 0 spiro atoms. The Morgan fingerprint density at radius 3 is 2.83 bits per heavy atom. The second-order valence-corrected chi connectivity index (χ2v) is 5.89. The summed E-state index contributed by atoms with van der Waals surface area (Å²) >= 11 is 7.73. The van der Waals surface area contributed by atoms with E-state index in [0.29, 0.717) is 5.15 Å². The van der Waals surface area contributed by atoms with E-state index in [1.54, 1.807) is 6.20 Å². The maximum atomic E-state index is 6.20. The van der Waals surface area contributed by atoms with Crippen LogP contribution in [0, 0.1) is 0 Å². The number of imidazole rings is 1. The van der Waals surface area contributed by atoms with Gasteiger partial charge < -0.3 is 0 Å². The highest BCUT2D eigenvalue weighted by molar-refractivity contribution is 7.98. The lowest BCUT2D eigenvalue weighted by molar-refractivity contribution is 0.216. The molecule has 6 heteroatoms. The molecule has 0 saturated heterocycles. The van der Waals surface area contributed by atoms with Crippen molar-refractivity contribution >= 4 is 28.9 Å². The third kappa shape index (κ3) is 1.64. The van der Waals surface area contributed by atoms with Crippen molar-refractivity contribution < 1.29 is 0 Å². The molecule has 0 radical (unpaired) electrons. The van der Waals surface area contributed by atoms with Crippen molar-refractivity contribution in [2.24, 2.45) is 0 Å². The molecule has 0 atom stereocenters. The molecule has 1 fully saturated rings. The summed E-state index contributed by atoms with van der Waals surface area (Å²) in [5.74, 6) is 1.01. The van der Waals surface area contributed by atoms with Gasteiger partial charge in [-0.05, 0) is 25.5 Å². The van der Waals surface area contributed by atoms with E-state index >= 15 is 0 Å². The van der Waals surface area contributed by atoms with Gasteiger partial charge >= 0.3 is 0 Å². The fourth-order valence-corrected chi connectivity index (χ4v) is 3.14. The van der Waals surface area contributed by atoms with Gasteiger partial charge in [0.25, 0.3) is 0 Å². The fraction of sp³-hybridized carbons (Fsp3) is 0.583. The summed E-state index contributed by atoms with van der Waals surface area (Å²) in [6, 6.07) is 0. The zero-order valence-corrected chi connectivity index (χ0v) is 12.1. The Bertz CT molecular complexity index is 586. The van der Waals surface area contributed by atoms with Gasteiger partial charge in [0, 0.05) is 5.41 Å². The Labute approximate surface area is 115 Å². The van der Waals surface area contributed by atoms with Gasteiger partial charge in [-0.1, -0.05) is 36.7 Å². The second kappa shape index (κ2) is 4.38. The van der Waals surface area contributed by atoms with Crippen LogP contribution in [-0.4, -0.2) is 25.8 Å². The second-order valence-electron chi connectivity index (χ2n) is 4.76. The SMILES string of the molecule is CCC1(c2nc(Cl)c3cnc(SC)nn23)CCC1. The third-order valence-corrected chi connectivity index (χ3v) is 4.80. The summed E-state index contributed by atoms with van der Waals surface area (Å²) in [4.78, 5) is 8.80. The van der Waals surface area contributed by atoms with Gasteiger partial charge in [0.15, 0.2) is 5.15 Å². The first kappa shape index (κ1) is 12.2. The minimum atomic E-state index is 0.167. The van der Waals surface area contributed by atoms with Gasteiger partial charge in [-0.2, -0.15) is 0 Å². The first-order valence-corrected chi connectivity index (χ1v) is 7.76. The minimum absolute atomic E-state index is 0.167. The minimum Gasteiger partial charge on any atom is -0.227 e. The third-order valence-electron chi connectivity index (χ3n) is 3.97. The molecular weight excluding hydrogens is 268 g/mol. The van der Waals surface area contributed by atoms with Crippen LogP contribution in [0.1, 0.15) is 38.4 Å². The zero-order valence-electron chi connectivity index (χ0n) is 10.5. The van der Waals surface area contributed by atoms with Crippen molar-refractivity contribution in [2.45, 2.75) is 43.2 Å². The molecule has 0 aromatic carbocycles. The molecule has 0 bridgehead atoms. The van der Waals surface area contributed by atoms with Crippen LogP contribution in [0.25, 0.3) is 5.52 Å². The average Bonchev–Trinajstić information content (AvgIpc) is 2.66. The van der Waals surface area contributed by atoms with Gasteiger partial charge in [-0.15, -0.1) is 5.10 Å². The molecule has 4 nitrogen and oxygen atoms in total. The van der Waals surface area contributed by atoms with Gasteiger partial charge in [0.1, 0.15) is 11.3 Å². The monoisotopic (exact) mass is 282 g/mol. The predicted molar refractivity (Wildman–Crippen MR) is 73.4 cm³/mol. The van der Waals surface area contributed by atoms with Crippen LogP contribution in [0.5, 0.6) is 0 Å². The van der Waals surface area contributed by atoms with Crippen LogP contribution in [0.4, 0.5) is 0 Å². The van der Waals surface area contributed by atoms with Crippen LogP contribution < -0.4 is 0 Å². The Morgan fingerprint density at radius 1 is 1.50 bits per heavy atom. The molecule has 3 rings (SSSR count). The van der Waals surface area contributed by atoms with Crippen molar-refractivity contribution in [2.75, 3.05) is 6.26 Å². The molecule has 96 valence electrons. The summed E-state index contributed by atoms with van der Waals surface area (Å²) in [6.07, 6.45) is 8.44. The van der Waals surface area contributed by atoms with Crippen molar-refractivity contribution in [3.8, 4) is 0 Å². The molecular formula is C12H15ClN4S. The van der Waals surface area contributed by atoms with Gasteiger partial charge in [-0.3, -0.25) is 0 Å². The van der Waals surface area contributed by atoms with Crippen molar-refractivity contribution in [1.82, 2.24) is 19.6 Å². The van der Waals surface area contributed by atoms with Crippen molar-refractivity contribution in [3.05, 3.63) is 17.2 Å². The topological polar surface area (TPSA) is 43.1 Å². The van der Waals surface area contributed by atoms with E-state index in [1.807, 2.05) is 10.8 Å². The van der Waals surface area contributed by atoms with E-state index in [2.05, 4.69) is 22.0 Å². The smallest absolute Gasteiger partial charge is 0.207 e. The Morgan fingerprint density at radius 2 is 2.28 bits per heavy atom. The van der Waals surface area contributed by atoms with E-state index in [-0.39, 0.29) is 5.41 Å². The highest BCUT2D eigenvalue weighted by Gasteiger charge is 2.41. The van der Waals surface area contributed by atoms with E-state index < -0.39 is 0 Å². The Kier molecular flexibility index (Phi) is 2.98.